The number of hydrogen-bond donors (Lipinski definition) is 0. The molecule has 2 aromatic carbocycles. The van der Waals surface area contributed by atoms with Gasteiger partial charge in [-0.2, -0.15) is 0 Å². The Bertz CT molecular complexity index is 691. The van der Waals surface area contributed by atoms with Crippen LogP contribution in [0.3, 0.4) is 0 Å². The minimum absolute atomic E-state index is 0.960. The zero-order valence-electron chi connectivity index (χ0n) is 8.74. The summed E-state index contributed by atoms with van der Waals surface area (Å²) >= 11 is 2.29. The van der Waals surface area contributed by atoms with Gasteiger partial charge in [0.1, 0.15) is 0 Å². The highest BCUT2D eigenvalue weighted by atomic mass is 127. The van der Waals surface area contributed by atoms with Gasteiger partial charge in [0.2, 0.25) is 0 Å². The highest BCUT2D eigenvalue weighted by Gasteiger charge is 2.03. The van der Waals surface area contributed by atoms with Gasteiger partial charge < -0.3 is 0 Å². The Hall–Kier alpha value is -1.23. The van der Waals surface area contributed by atoms with Crippen LogP contribution in [0.4, 0.5) is 0 Å². The number of benzene rings is 2. The number of rotatable bonds is 0. The zero-order chi connectivity index (χ0) is 11.1. The van der Waals surface area contributed by atoms with Crippen LogP contribution in [0.2, 0.25) is 0 Å². The minimum atomic E-state index is 0.960. The molecule has 0 spiro atoms. The highest BCUT2D eigenvalue weighted by Crippen LogP contribution is 2.20. The van der Waals surface area contributed by atoms with Crippen molar-refractivity contribution in [1.29, 1.82) is 0 Å². The predicted octanol–water partition coefficient (Wildman–Crippen LogP) is 3.70. The van der Waals surface area contributed by atoms with Crippen molar-refractivity contribution in [3.8, 4) is 0 Å². The summed E-state index contributed by atoms with van der Waals surface area (Å²) in [6.07, 6.45) is 0. The number of hydrogen-bond acceptors (Lipinski definition) is 2. The van der Waals surface area contributed by atoms with Gasteiger partial charge in [0.25, 0.3) is 0 Å². The number of para-hydroxylation sites is 1. The lowest BCUT2D eigenvalue weighted by Gasteiger charge is -2.03. The Morgan fingerprint density at radius 1 is 0.938 bits per heavy atom. The van der Waals surface area contributed by atoms with Gasteiger partial charge in [-0.3, -0.25) is 0 Å². The fraction of sp³-hybridized carbons (Fsp3) is 0.0769. The van der Waals surface area contributed by atoms with Crippen LogP contribution >= 0.6 is 22.6 Å². The SMILES string of the molecule is Cc1cccc2nc3cc(I)ccc3nc12. The molecule has 0 bridgehead atoms. The summed E-state index contributed by atoms with van der Waals surface area (Å²) in [5.41, 5.74) is 5.06. The van der Waals surface area contributed by atoms with Crippen molar-refractivity contribution in [2.45, 2.75) is 6.92 Å². The summed E-state index contributed by atoms with van der Waals surface area (Å²) < 4.78 is 1.19. The van der Waals surface area contributed by atoms with Crippen molar-refractivity contribution in [3.05, 3.63) is 45.5 Å². The van der Waals surface area contributed by atoms with E-state index in [4.69, 9.17) is 0 Å². The first-order valence-corrected chi connectivity index (χ1v) is 6.14. The molecular weight excluding hydrogens is 311 g/mol. The quantitative estimate of drug-likeness (QED) is 0.466. The normalized spacial score (nSPS) is 11.1. The van der Waals surface area contributed by atoms with Gasteiger partial charge in [0.05, 0.1) is 22.1 Å². The predicted molar refractivity (Wildman–Crippen MR) is 74.5 cm³/mol. The second-order valence-electron chi connectivity index (χ2n) is 3.80. The van der Waals surface area contributed by atoms with Gasteiger partial charge in [0.15, 0.2) is 0 Å². The molecule has 0 amide bonds. The molecule has 0 radical (unpaired) electrons. The average molecular weight is 320 g/mol. The maximum Gasteiger partial charge on any atom is 0.0923 e. The summed E-state index contributed by atoms with van der Waals surface area (Å²) in [5, 5.41) is 0. The van der Waals surface area contributed by atoms with Crippen molar-refractivity contribution >= 4 is 44.7 Å². The molecule has 0 atom stereocenters. The summed E-state index contributed by atoms with van der Waals surface area (Å²) in [4.78, 5) is 9.28. The van der Waals surface area contributed by atoms with Crippen LogP contribution < -0.4 is 0 Å². The molecule has 3 aromatic rings. The Kier molecular flexibility index (Phi) is 2.28. The Morgan fingerprint density at radius 3 is 2.69 bits per heavy atom. The third-order valence-corrected chi connectivity index (χ3v) is 3.30. The molecule has 3 rings (SSSR count). The largest absolute Gasteiger partial charge is 0.244 e. The van der Waals surface area contributed by atoms with E-state index in [-0.39, 0.29) is 0 Å². The Labute approximate surface area is 107 Å². The van der Waals surface area contributed by atoms with Crippen LogP contribution in [0, 0.1) is 10.5 Å². The molecule has 1 heterocycles. The Balaban J connectivity index is 2.49. The first-order valence-electron chi connectivity index (χ1n) is 5.07. The maximum absolute atomic E-state index is 4.65. The van der Waals surface area contributed by atoms with E-state index in [1.807, 2.05) is 18.2 Å². The van der Waals surface area contributed by atoms with E-state index in [1.165, 1.54) is 9.13 Å². The summed E-state index contributed by atoms with van der Waals surface area (Å²) in [7, 11) is 0. The molecule has 0 N–H and O–H groups in total. The lowest BCUT2D eigenvalue weighted by atomic mass is 10.2. The first kappa shape index (κ1) is 9.96. The topological polar surface area (TPSA) is 25.8 Å². The summed E-state index contributed by atoms with van der Waals surface area (Å²) in [5.74, 6) is 0. The van der Waals surface area contributed by atoms with Crippen LogP contribution in [0.1, 0.15) is 5.56 Å². The van der Waals surface area contributed by atoms with Gasteiger partial charge in [-0.05, 0) is 59.3 Å². The fourth-order valence-corrected chi connectivity index (χ4v) is 2.28. The third-order valence-electron chi connectivity index (χ3n) is 2.63. The molecule has 0 aliphatic carbocycles. The van der Waals surface area contributed by atoms with E-state index >= 15 is 0 Å². The van der Waals surface area contributed by atoms with Crippen LogP contribution in [-0.2, 0) is 0 Å². The number of nitrogens with zero attached hydrogens (tertiary/aromatic N) is 2. The van der Waals surface area contributed by atoms with Crippen LogP contribution in [-0.4, -0.2) is 9.97 Å². The molecule has 3 heteroatoms. The van der Waals surface area contributed by atoms with Gasteiger partial charge in [-0.15, -0.1) is 0 Å². The lowest BCUT2D eigenvalue weighted by Crippen LogP contribution is -1.89. The highest BCUT2D eigenvalue weighted by molar-refractivity contribution is 14.1. The van der Waals surface area contributed by atoms with E-state index < -0.39 is 0 Å². The van der Waals surface area contributed by atoms with E-state index in [9.17, 15) is 0 Å². The summed E-state index contributed by atoms with van der Waals surface area (Å²) in [6.45, 7) is 2.07. The molecule has 16 heavy (non-hydrogen) atoms. The average Bonchev–Trinajstić information content (AvgIpc) is 2.27. The molecule has 0 aliphatic rings. The van der Waals surface area contributed by atoms with Gasteiger partial charge in [-0.25, -0.2) is 9.97 Å². The van der Waals surface area contributed by atoms with Gasteiger partial charge >= 0.3 is 0 Å². The lowest BCUT2D eigenvalue weighted by molar-refractivity contribution is 1.35. The number of aryl methyl sites for hydroxylation is 1. The van der Waals surface area contributed by atoms with Crippen LogP contribution in [0.5, 0.6) is 0 Å². The van der Waals surface area contributed by atoms with Gasteiger partial charge in [-0.1, -0.05) is 12.1 Å². The maximum atomic E-state index is 4.65. The zero-order valence-corrected chi connectivity index (χ0v) is 10.9. The number of halogens is 1. The third kappa shape index (κ3) is 1.55. The second-order valence-corrected chi connectivity index (χ2v) is 5.04. The van der Waals surface area contributed by atoms with E-state index in [2.05, 4.69) is 57.7 Å². The molecule has 0 aliphatic heterocycles. The van der Waals surface area contributed by atoms with Gasteiger partial charge in [0, 0.05) is 3.57 Å². The van der Waals surface area contributed by atoms with E-state index in [0.717, 1.165) is 22.1 Å². The standard InChI is InChI=1S/C13H9IN2/c1-8-3-2-4-11-13(8)16-10-6-5-9(14)7-12(10)15-11/h2-7H,1H3. The first-order chi connectivity index (χ1) is 7.74. The van der Waals surface area contributed by atoms with E-state index in [0.29, 0.717) is 0 Å². The smallest absolute Gasteiger partial charge is 0.0923 e. The van der Waals surface area contributed by atoms with Crippen molar-refractivity contribution in [1.82, 2.24) is 9.97 Å². The molecule has 0 saturated carbocycles. The number of fused-ring (bicyclic) bond motifs is 2. The van der Waals surface area contributed by atoms with Crippen molar-refractivity contribution in [2.24, 2.45) is 0 Å². The number of aromatic nitrogens is 2. The molecule has 2 nitrogen and oxygen atoms in total. The Morgan fingerprint density at radius 2 is 1.81 bits per heavy atom. The van der Waals surface area contributed by atoms with Crippen molar-refractivity contribution < 1.29 is 0 Å². The van der Waals surface area contributed by atoms with Crippen molar-refractivity contribution in [2.75, 3.05) is 0 Å². The molecular formula is C13H9IN2. The fourth-order valence-electron chi connectivity index (χ4n) is 1.81. The van der Waals surface area contributed by atoms with Crippen molar-refractivity contribution in [3.63, 3.8) is 0 Å². The van der Waals surface area contributed by atoms with E-state index in [1.54, 1.807) is 0 Å². The molecule has 78 valence electrons. The summed E-state index contributed by atoms with van der Waals surface area (Å²) in [6, 6.07) is 12.2. The van der Waals surface area contributed by atoms with Crippen LogP contribution in [0.15, 0.2) is 36.4 Å². The molecule has 0 saturated heterocycles. The second kappa shape index (κ2) is 3.66. The minimum Gasteiger partial charge on any atom is -0.244 e. The molecule has 0 unspecified atom stereocenters. The monoisotopic (exact) mass is 320 g/mol. The molecule has 0 fully saturated rings. The van der Waals surface area contributed by atoms with Crippen LogP contribution in [0.25, 0.3) is 22.1 Å². The molecule has 1 aromatic heterocycles.